The number of aromatic nitrogens is 3. The van der Waals surface area contributed by atoms with Gasteiger partial charge in [0, 0.05) is 17.1 Å². The number of carbonyl (C=O) groups excluding carboxylic acids is 1. The quantitative estimate of drug-likeness (QED) is 0.660. The van der Waals surface area contributed by atoms with Gasteiger partial charge in [0.2, 0.25) is 5.91 Å². The normalized spacial score (nSPS) is 21.4. The van der Waals surface area contributed by atoms with Gasteiger partial charge in [0.1, 0.15) is 6.33 Å². The van der Waals surface area contributed by atoms with E-state index >= 15 is 0 Å². The number of aromatic amines is 1. The Balaban J connectivity index is 1.58. The van der Waals surface area contributed by atoms with Crippen LogP contribution >= 0.6 is 11.8 Å². The molecule has 1 aliphatic rings. The Morgan fingerprint density at radius 1 is 1.38 bits per heavy atom. The maximum atomic E-state index is 12.0. The minimum atomic E-state index is -0.443. The van der Waals surface area contributed by atoms with Crippen LogP contribution in [0.4, 0.5) is 5.69 Å². The number of benzene rings is 1. The summed E-state index contributed by atoms with van der Waals surface area (Å²) in [6.07, 6.45) is 1.46. The van der Waals surface area contributed by atoms with Gasteiger partial charge in [0.05, 0.1) is 12.1 Å². The summed E-state index contributed by atoms with van der Waals surface area (Å²) in [6, 6.07) is 7.15. The Bertz CT molecular complexity index is 602. The number of carbonyl (C=O) groups is 1. The van der Waals surface area contributed by atoms with Crippen LogP contribution in [0.25, 0.3) is 0 Å². The zero-order chi connectivity index (χ0) is 14.7. The van der Waals surface area contributed by atoms with Crippen molar-refractivity contribution in [3.63, 3.8) is 0 Å². The average molecular weight is 305 g/mol. The second kappa shape index (κ2) is 6.25. The van der Waals surface area contributed by atoms with E-state index in [9.17, 15) is 9.90 Å². The Morgan fingerprint density at radius 3 is 2.81 bits per heavy atom. The van der Waals surface area contributed by atoms with Gasteiger partial charge in [-0.05, 0) is 30.7 Å². The smallest absolute Gasteiger partial charge is 0.241 e. The molecule has 0 spiro atoms. The topological polar surface area (TPSA) is 103 Å². The van der Waals surface area contributed by atoms with Crippen LogP contribution in [-0.4, -0.2) is 44.9 Å². The number of H-pyrrole nitrogens is 1. The number of nitrogens with zero attached hydrogens (tertiary/aromatic N) is 2. The standard InChI is InChI=1S/C13H15N5O2S/c19-9-5-11(14-6-9)12(20)17-8-1-3-10(4-2-8)21-13-15-7-16-18-13/h1-4,7,9,11,14,19H,5-6H2,(H,17,20)(H,15,16,18). The van der Waals surface area contributed by atoms with Crippen LogP contribution in [0.3, 0.4) is 0 Å². The Hall–Kier alpha value is -1.90. The zero-order valence-corrected chi connectivity index (χ0v) is 11.9. The molecule has 21 heavy (non-hydrogen) atoms. The zero-order valence-electron chi connectivity index (χ0n) is 11.1. The van der Waals surface area contributed by atoms with Crippen LogP contribution in [0.15, 0.2) is 40.6 Å². The molecule has 2 atom stereocenters. The van der Waals surface area contributed by atoms with Crippen molar-refractivity contribution in [2.45, 2.75) is 28.6 Å². The van der Waals surface area contributed by atoms with E-state index in [-0.39, 0.29) is 11.9 Å². The van der Waals surface area contributed by atoms with Crippen LogP contribution in [-0.2, 0) is 4.79 Å². The Kier molecular flexibility index (Phi) is 4.18. The number of anilines is 1. The Morgan fingerprint density at radius 2 is 2.19 bits per heavy atom. The number of amides is 1. The van der Waals surface area contributed by atoms with Crippen molar-refractivity contribution in [1.29, 1.82) is 0 Å². The minimum absolute atomic E-state index is 0.123. The molecule has 1 aliphatic heterocycles. The number of hydrogen-bond donors (Lipinski definition) is 4. The molecule has 4 N–H and O–H groups in total. The van der Waals surface area contributed by atoms with Gasteiger partial charge in [0.25, 0.3) is 0 Å². The molecule has 0 aliphatic carbocycles. The van der Waals surface area contributed by atoms with E-state index in [4.69, 9.17) is 0 Å². The van der Waals surface area contributed by atoms with Gasteiger partial charge in [0.15, 0.2) is 5.16 Å². The van der Waals surface area contributed by atoms with Crippen LogP contribution in [0, 0.1) is 0 Å². The van der Waals surface area contributed by atoms with Gasteiger partial charge in [-0.2, -0.15) is 5.10 Å². The predicted octanol–water partition coefficient (Wildman–Crippen LogP) is 0.617. The van der Waals surface area contributed by atoms with E-state index in [1.807, 2.05) is 24.3 Å². The van der Waals surface area contributed by atoms with Crippen molar-refractivity contribution in [3.8, 4) is 0 Å². The van der Waals surface area contributed by atoms with Gasteiger partial charge < -0.3 is 15.7 Å². The van der Waals surface area contributed by atoms with Crippen LogP contribution in [0.2, 0.25) is 0 Å². The summed E-state index contributed by atoms with van der Waals surface area (Å²) in [6.45, 7) is 0.463. The molecule has 2 unspecified atom stereocenters. The lowest BCUT2D eigenvalue weighted by atomic mass is 10.2. The fourth-order valence-corrected chi connectivity index (χ4v) is 2.80. The van der Waals surface area contributed by atoms with Crippen LogP contribution in [0.1, 0.15) is 6.42 Å². The van der Waals surface area contributed by atoms with E-state index < -0.39 is 6.10 Å². The molecular weight excluding hydrogens is 290 g/mol. The van der Waals surface area contributed by atoms with Gasteiger partial charge in [-0.1, -0.05) is 11.8 Å². The highest BCUT2D eigenvalue weighted by atomic mass is 32.2. The van der Waals surface area contributed by atoms with Crippen molar-refractivity contribution >= 4 is 23.4 Å². The molecule has 1 saturated heterocycles. The molecule has 1 aromatic heterocycles. The molecule has 1 aromatic carbocycles. The van der Waals surface area contributed by atoms with Gasteiger partial charge in [-0.15, -0.1) is 0 Å². The lowest BCUT2D eigenvalue weighted by molar-refractivity contribution is -0.117. The third-order valence-corrected chi connectivity index (χ3v) is 4.05. The molecule has 7 nitrogen and oxygen atoms in total. The maximum absolute atomic E-state index is 12.0. The summed E-state index contributed by atoms with van der Waals surface area (Å²) in [4.78, 5) is 17.0. The fraction of sp³-hybridized carbons (Fsp3) is 0.308. The molecule has 1 amide bonds. The van der Waals surface area contributed by atoms with E-state index in [0.717, 1.165) is 15.7 Å². The first kappa shape index (κ1) is 14.1. The van der Waals surface area contributed by atoms with Crippen molar-refractivity contribution < 1.29 is 9.90 Å². The summed E-state index contributed by atoms with van der Waals surface area (Å²) in [5.41, 5.74) is 0.727. The Labute approximate surface area is 125 Å². The van der Waals surface area contributed by atoms with Gasteiger partial charge in [-0.25, -0.2) is 4.98 Å². The molecule has 1 fully saturated rings. The highest BCUT2D eigenvalue weighted by Crippen LogP contribution is 2.25. The monoisotopic (exact) mass is 305 g/mol. The first-order valence-corrected chi connectivity index (χ1v) is 7.38. The average Bonchev–Trinajstić information content (AvgIpc) is 3.12. The number of hydrogen-bond acceptors (Lipinski definition) is 6. The second-order valence-electron chi connectivity index (χ2n) is 4.76. The lowest BCUT2D eigenvalue weighted by Gasteiger charge is -2.11. The van der Waals surface area contributed by atoms with Gasteiger partial charge >= 0.3 is 0 Å². The molecule has 2 heterocycles. The molecule has 0 saturated carbocycles. The van der Waals surface area contributed by atoms with Crippen LogP contribution in [0.5, 0.6) is 0 Å². The summed E-state index contributed by atoms with van der Waals surface area (Å²) in [7, 11) is 0. The highest BCUT2D eigenvalue weighted by Gasteiger charge is 2.27. The third kappa shape index (κ3) is 3.60. The minimum Gasteiger partial charge on any atom is -0.392 e. The van der Waals surface area contributed by atoms with E-state index in [1.165, 1.54) is 18.1 Å². The summed E-state index contributed by atoms with van der Waals surface area (Å²) in [5.74, 6) is -0.123. The SMILES string of the molecule is O=C(Nc1ccc(Sc2ncn[nH]2)cc1)C1CC(O)CN1. The van der Waals surface area contributed by atoms with Crippen molar-refractivity contribution in [2.75, 3.05) is 11.9 Å². The van der Waals surface area contributed by atoms with Crippen molar-refractivity contribution in [1.82, 2.24) is 20.5 Å². The molecule has 0 radical (unpaired) electrons. The number of aliphatic hydroxyl groups excluding tert-OH is 1. The first-order chi connectivity index (χ1) is 10.2. The lowest BCUT2D eigenvalue weighted by Crippen LogP contribution is -2.35. The maximum Gasteiger partial charge on any atom is 0.241 e. The summed E-state index contributed by atoms with van der Waals surface area (Å²) >= 11 is 1.46. The fourth-order valence-electron chi connectivity index (χ4n) is 2.11. The molecule has 0 bridgehead atoms. The first-order valence-electron chi connectivity index (χ1n) is 6.56. The number of nitrogens with one attached hydrogen (secondary N) is 3. The van der Waals surface area contributed by atoms with Crippen molar-refractivity contribution in [3.05, 3.63) is 30.6 Å². The summed E-state index contributed by atoms with van der Waals surface area (Å²) in [5, 5.41) is 22.5. The van der Waals surface area contributed by atoms with E-state index in [1.54, 1.807) is 0 Å². The third-order valence-electron chi connectivity index (χ3n) is 3.15. The van der Waals surface area contributed by atoms with E-state index in [0.29, 0.717) is 13.0 Å². The molecule has 8 heteroatoms. The molecule has 3 rings (SSSR count). The number of aliphatic hydroxyl groups is 1. The summed E-state index contributed by atoms with van der Waals surface area (Å²) < 4.78 is 0. The predicted molar refractivity (Wildman–Crippen MR) is 78.0 cm³/mol. The van der Waals surface area contributed by atoms with Crippen LogP contribution < -0.4 is 10.6 Å². The van der Waals surface area contributed by atoms with Gasteiger partial charge in [-0.3, -0.25) is 9.89 Å². The van der Waals surface area contributed by atoms with Crippen molar-refractivity contribution in [2.24, 2.45) is 0 Å². The number of rotatable bonds is 4. The molecule has 2 aromatic rings. The highest BCUT2D eigenvalue weighted by molar-refractivity contribution is 7.99. The second-order valence-corrected chi connectivity index (χ2v) is 5.82. The largest absolute Gasteiger partial charge is 0.392 e. The molecular formula is C13H15N5O2S. The number of β-amino-alcohol motifs (C(OH)–C–C–N with tert-alkyl or cyclic N) is 1. The molecule has 110 valence electrons. The van der Waals surface area contributed by atoms with E-state index in [2.05, 4.69) is 25.8 Å².